The Morgan fingerprint density at radius 2 is 1.88 bits per heavy atom. The average Bonchev–Trinajstić information content (AvgIpc) is 3.17. The van der Waals surface area contributed by atoms with Crippen LogP contribution >= 0.6 is 22.9 Å². The van der Waals surface area contributed by atoms with Crippen molar-refractivity contribution in [3.63, 3.8) is 0 Å². The van der Waals surface area contributed by atoms with Crippen molar-refractivity contribution in [2.24, 2.45) is 0 Å². The average molecular weight is 468 g/mol. The first-order chi connectivity index (χ1) is 15.3. The molecule has 0 saturated heterocycles. The monoisotopic (exact) mass is 467 g/mol. The zero-order chi connectivity index (χ0) is 22.7. The van der Waals surface area contributed by atoms with Crippen LogP contribution in [0.15, 0.2) is 72.8 Å². The van der Waals surface area contributed by atoms with Crippen LogP contribution in [0.25, 0.3) is 10.1 Å². The zero-order valence-electron chi connectivity index (χ0n) is 17.6. The van der Waals surface area contributed by atoms with E-state index in [1.807, 2.05) is 43.3 Å². The van der Waals surface area contributed by atoms with Gasteiger partial charge in [-0.25, -0.2) is 4.39 Å². The lowest BCUT2D eigenvalue weighted by Crippen LogP contribution is -2.50. The van der Waals surface area contributed by atoms with Crippen LogP contribution in [0.4, 0.5) is 4.39 Å². The first kappa shape index (κ1) is 22.5. The third-order valence-electron chi connectivity index (χ3n) is 5.36. The van der Waals surface area contributed by atoms with E-state index in [2.05, 4.69) is 11.4 Å². The normalized spacial score (nSPS) is 13.1. The molecule has 0 fully saturated rings. The maximum atomic E-state index is 13.7. The van der Waals surface area contributed by atoms with E-state index in [0.29, 0.717) is 23.4 Å². The van der Waals surface area contributed by atoms with E-state index in [4.69, 9.17) is 11.6 Å². The molecule has 1 heterocycles. The maximum absolute atomic E-state index is 13.7. The van der Waals surface area contributed by atoms with Crippen molar-refractivity contribution in [3.8, 4) is 0 Å². The number of aliphatic hydroxyl groups excluding tert-OH is 1. The number of hydrogen-bond acceptors (Lipinski definition) is 3. The van der Waals surface area contributed by atoms with Gasteiger partial charge in [-0.05, 0) is 66.3 Å². The van der Waals surface area contributed by atoms with Gasteiger partial charge in [-0.15, -0.1) is 11.3 Å². The van der Waals surface area contributed by atoms with E-state index >= 15 is 0 Å². The van der Waals surface area contributed by atoms with Gasteiger partial charge in [0.25, 0.3) is 5.91 Å². The van der Waals surface area contributed by atoms with Gasteiger partial charge in [0.2, 0.25) is 0 Å². The molecule has 1 aromatic heterocycles. The number of amides is 1. The van der Waals surface area contributed by atoms with Gasteiger partial charge >= 0.3 is 0 Å². The lowest BCUT2D eigenvalue weighted by molar-refractivity contribution is 0.0852. The van der Waals surface area contributed by atoms with Gasteiger partial charge in [0.15, 0.2) is 0 Å². The number of fused-ring (bicyclic) bond motifs is 1. The Kier molecular flexibility index (Phi) is 6.60. The standard InChI is InChI=1S/C26H23ClFNO2S/c1-26(16-30,29-25(31)18-6-3-2-4-7-18)15-20-9-5-8-19-13-23(32-24(19)20)12-17-10-21(27)14-22(28)11-17/h2-11,13-14,30H,12,15-16H2,1H3,(H,29,31). The van der Waals surface area contributed by atoms with Gasteiger partial charge in [0.05, 0.1) is 12.1 Å². The Morgan fingerprint density at radius 1 is 1.09 bits per heavy atom. The van der Waals surface area contributed by atoms with Crippen molar-refractivity contribution in [2.45, 2.75) is 25.3 Å². The summed E-state index contributed by atoms with van der Waals surface area (Å²) in [6.45, 7) is 1.65. The number of carbonyl (C=O) groups is 1. The molecule has 0 bridgehead atoms. The highest BCUT2D eigenvalue weighted by Crippen LogP contribution is 2.32. The van der Waals surface area contributed by atoms with E-state index in [1.165, 1.54) is 12.1 Å². The highest BCUT2D eigenvalue weighted by atomic mass is 35.5. The number of rotatable bonds is 7. The molecule has 0 aliphatic heterocycles. The summed E-state index contributed by atoms with van der Waals surface area (Å²) in [6, 6.07) is 21.7. The second-order valence-corrected chi connectivity index (χ2v) is 9.79. The van der Waals surface area contributed by atoms with Crippen molar-refractivity contribution in [3.05, 3.63) is 105 Å². The molecule has 2 N–H and O–H groups in total. The van der Waals surface area contributed by atoms with E-state index < -0.39 is 5.54 Å². The third kappa shape index (κ3) is 5.18. The summed E-state index contributed by atoms with van der Waals surface area (Å²) < 4.78 is 14.8. The number of hydrogen-bond donors (Lipinski definition) is 2. The smallest absolute Gasteiger partial charge is 0.251 e. The molecule has 0 radical (unpaired) electrons. The molecule has 4 aromatic rings. The second kappa shape index (κ2) is 9.41. The molecule has 1 unspecified atom stereocenters. The number of benzene rings is 3. The fraction of sp³-hybridized carbons (Fsp3) is 0.192. The SMILES string of the molecule is CC(CO)(Cc1cccc2cc(Cc3cc(F)cc(Cl)c3)sc12)NC(=O)c1ccccc1. The molecule has 6 heteroatoms. The van der Waals surface area contributed by atoms with Gasteiger partial charge in [0, 0.05) is 26.6 Å². The van der Waals surface area contributed by atoms with Crippen molar-refractivity contribution in [1.29, 1.82) is 0 Å². The Hall–Kier alpha value is -2.73. The molecule has 4 rings (SSSR count). The van der Waals surface area contributed by atoms with Gasteiger partial charge in [-0.2, -0.15) is 0 Å². The van der Waals surface area contributed by atoms with E-state index in [1.54, 1.807) is 29.5 Å². The quantitative estimate of drug-likeness (QED) is 0.350. The van der Waals surface area contributed by atoms with Crippen molar-refractivity contribution in [1.82, 2.24) is 5.32 Å². The van der Waals surface area contributed by atoms with E-state index in [-0.39, 0.29) is 18.3 Å². The summed E-state index contributed by atoms with van der Waals surface area (Å²) in [5, 5.41) is 14.6. The highest BCUT2D eigenvalue weighted by molar-refractivity contribution is 7.19. The molecule has 1 amide bonds. The number of carbonyl (C=O) groups excluding carboxylic acids is 1. The van der Waals surface area contributed by atoms with Gasteiger partial charge < -0.3 is 10.4 Å². The number of aliphatic hydroxyl groups is 1. The summed E-state index contributed by atoms with van der Waals surface area (Å²) in [4.78, 5) is 13.8. The molecule has 32 heavy (non-hydrogen) atoms. The molecule has 1 atom stereocenters. The predicted octanol–water partition coefficient (Wildman–Crippen LogP) is 6.01. The predicted molar refractivity (Wildman–Crippen MR) is 129 cm³/mol. The fourth-order valence-corrected chi connectivity index (χ4v) is 5.26. The lowest BCUT2D eigenvalue weighted by Gasteiger charge is -2.29. The topological polar surface area (TPSA) is 49.3 Å². The highest BCUT2D eigenvalue weighted by Gasteiger charge is 2.27. The lowest BCUT2D eigenvalue weighted by atomic mass is 9.92. The molecule has 0 aliphatic rings. The van der Waals surface area contributed by atoms with Crippen LogP contribution in [0.2, 0.25) is 5.02 Å². The van der Waals surface area contributed by atoms with Crippen LogP contribution in [0, 0.1) is 5.82 Å². The van der Waals surface area contributed by atoms with Gasteiger partial charge in [-0.3, -0.25) is 4.79 Å². The Balaban J connectivity index is 1.58. The first-order valence-corrected chi connectivity index (χ1v) is 11.5. The van der Waals surface area contributed by atoms with Crippen LogP contribution in [0.3, 0.4) is 0 Å². The molecule has 164 valence electrons. The Labute approximate surface area is 195 Å². The number of nitrogens with one attached hydrogen (secondary N) is 1. The molecule has 3 aromatic carbocycles. The first-order valence-electron chi connectivity index (χ1n) is 10.3. The third-order valence-corrected chi connectivity index (χ3v) is 6.80. The van der Waals surface area contributed by atoms with Crippen molar-refractivity contribution < 1.29 is 14.3 Å². The minimum Gasteiger partial charge on any atom is -0.394 e. The summed E-state index contributed by atoms with van der Waals surface area (Å²) >= 11 is 7.64. The fourth-order valence-electron chi connectivity index (χ4n) is 3.81. The molecular weight excluding hydrogens is 445 g/mol. The Bertz CT molecular complexity index is 1240. The summed E-state index contributed by atoms with van der Waals surface area (Å²) in [5.74, 6) is -0.564. The largest absolute Gasteiger partial charge is 0.394 e. The molecule has 0 aliphatic carbocycles. The zero-order valence-corrected chi connectivity index (χ0v) is 19.1. The second-order valence-electron chi connectivity index (χ2n) is 8.22. The number of thiophene rings is 1. The van der Waals surface area contributed by atoms with Crippen LogP contribution < -0.4 is 5.32 Å². The molecular formula is C26H23ClFNO2S. The van der Waals surface area contributed by atoms with Crippen LogP contribution in [0.1, 0.15) is 33.3 Å². The van der Waals surface area contributed by atoms with Crippen LogP contribution in [0.5, 0.6) is 0 Å². The summed E-state index contributed by atoms with van der Waals surface area (Å²) in [7, 11) is 0. The van der Waals surface area contributed by atoms with E-state index in [0.717, 1.165) is 26.1 Å². The maximum Gasteiger partial charge on any atom is 0.251 e. The van der Waals surface area contributed by atoms with Gasteiger partial charge in [-0.1, -0.05) is 48.0 Å². The molecule has 3 nitrogen and oxygen atoms in total. The van der Waals surface area contributed by atoms with Gasteiger partial charge in [0.1, 0.15) is 5.82 Å². The number of halogens is 2. The summed E-state index contributed by atoms with van der Waals surface area (Å²) in [5.41, 5.74) is 1.60. The Morgan fingerprint density at radius 3 is 2.59 bits per heavy atom. The van der Waals surface area contributed by atoms with Crippen LogP contribution in [-0.4, -0.2) is 23.2 Å². The van der Waals surface area contributed by atoms with Crippen molar-refractivity contribution in [2.75, 3.05) is 6.61 Å². The van der Waals surface area contributed by atoms with E-state index in [9.17, 15) is 14.3 Å². The van der Waals surface area contributed by atoms with Crippen LogP contribution in [-0.2, 0) is 12.8 Å². The van der Waals surface area contributed by atoms with Crippen molar-refractivity contribution >= 4 is 38.9 Å². The minimum atomic E-state index is -0.818. The molecule has 0 saturated carbocycles. The summed E-state index contributed by atoms with van der Waals surface area (Å²) in [6.07, 6.45) is 1.06. The minimum absolute atomic E-state index is 0.192. The molecule has 0 spiro atoms.